The van der Waals surface area contributed by atoms with Gasteiger partial charge in [-0.25, -0.2) is 0 Å². The summed E-state index contributed by atoms with van der Waals surface area (Å²) in [6.07, 6.45) is 2.77. The number of anilines is 1. The lowest BCUT2D eigenvalue weighted by Crippen LogP contribution is -2.49. The number of nitriles is 1. The van der Waals surface area contributed by atoms with Crippen LogP contribution < -0.4 is 4.90 Å². The van der Waals surface area contributed by atoms with Gasteiger partial charge >= 0.3 is 0 Å². The number of furan rings is 1. The third-order valence-corrected chi connectivity index (χ3v) is 4.84. The van der Waals surface area contributed by atoms with Gasteiger partial charge in [-0.05, 0) is 24.1 Å². The Morgan fingerprint density at radius 3 is 2.57 bits per heavy atom. The van der Waals surface area contributed by atoms with Gasteiger partial charge in [0.25, 0.3) is 5.89 Å². The molecule has 1 aliphatic heterocycles. The summed E-state index contributed by atoms with van der Waals surface area (Å²) < 4.78 is 11.1. The number of aromatic nitrogens is 1. The fraction of sp³-hybridized carbons (Fsp3) is 0.286. The molecule has 0 radical (unpaired) electrons. The quantitative estimate of drug-likeness (QED) is 0.680. The third kappa shape index (κ3) is 3.76. The highest BCUT2D eigenvalue weighted by atomic mass is 16.4. The molecule has 0 bridgehead atoms. The van der Waals surface area contributed by atoms with E-state index in [1.807, 2.05) is 40.1 Å². The van der Waals surface area contributed by atoms with E-state index in [9.17, 15) is 10.1 Å². The molecule has 4 rings (SSSR count). The molecular formula is C21H20N4O3. The summed E-state index contributed by atoms with van der Waals surface area (Å²) in [5.41, 5.74) is 1.40. The normalized spacial score (nSPS) is 14.1. The van der Waals surface area contributed by atoms with Gasteiger partial charge in [-0.3, -0.25) is 4.79 Å². The summed E-state index contributed by atoms with van der Waals surface area (Å²) >= 11 is 0. The van der Waals surface area contributed by atoms with Crippen LogP contribution in [0.25, 0.3) is 11.7 Å². The van der Waals surface area contributed by atoms with Gasteiger partial charge in [0.15, 0.2) is 5.76 Å². The van der Waals surface area contributed by atoms with E-state index in [-0.39, 0.29) is 17.5 Å². The van der Waals surface area contributed by atoms with Crippen LogP contribution in [0.15, 0.2) is 57.6 Å². The van der Waals surface area contributed by atoms with E-state index in [2.05, 4.69) is 11.1 Å². The van der Waals surface area contributed by atoms with Crippen molar-refractivity contribution in [1.82, 2.24) is 9.88 Å². The number of carbonyl (C=O) groups excluding carboxylic acids is 1. The number of piperazine rings is 1. The molecule has 0 N–H and O–H groups in total. The number of carbonyl (C=O) groups is 1. The van der Waals surface area contributed by atoms with Gasteiger partial charge in [0, 0.05) is 32.6 Å². The van der Waals surface area contributed by atoms with E-state index in [1.165, 1.54) is 11.8 Å². The number of benzene rings is 1. The zero-order valence-electron chi connectivity index (χ0n) is 15.4. The first-order chi connectivity index (χ1) is 13.7. The van der Waals surface area contributed by atoms with Crippen molar-refractivity contribution in [2.75, 3.05) is 31.1 Å². The zero-order valence-corrected chi connectivity index (χ0v) is 15.4. The van der Waals surface area contributed by atoms with Crippen LogP contribution in [-0.2, 0) is 11.2 Å². The maximum absolute atomic E-state index is 12.5. The molecule has 1 saturated heterocycles. The van der Waals surface area contributed by atoms with Crippen molar-refractivity contribution in [3.05, 3.63) is 60.0 Å². The maximum atomic E-state index is 12.5. The molecule has 1 amide bonds. The van der Waals surface area contributed by atoms with E-state index in [0.717, 1.165) is 6.42 Å². The molecule has 0 aliphatic carbocycles. The Labute approximate surface area is 162 Å². The number of oxazole rings is 1. The van der Waals surface area contributed by atoms with Gasteiger partial charge in [-0.2, -0.15) is 10.2 Å². The smallest absolute Gasteiger partial charge is 0.266 e. The molecule has 1 aliphatic rings. The van der Waals surface area contributed by atoms with Gasteiger partial charge in [0.2, 0.25) is 17.5 Å². The van der Waals surface area contributed by atoms with Crippen LogP contribution in [0.3, 0.4) is 0 Å². The molecule has 3 heterocycles. The number of hydrogen-bond donors (Lipinski definition) is 0. The lowest BCUT2D eigenvalue weighted by Gasteiger charge is -2.34. The van der Waals surface area contributed by atoms with Gasteiger partial charge in [-0.15, -0.1) is 0 Å². The van der Waals surface area contributed by atoms with E-state index >= 15 is 0 Å². The average Bonchev–Trinajstić information content (AvgIpc) is 3.42. The third-order valence-electron chi connectivity index (χ3n) is 4.84. The summed E-state index contributed by atoms with van der Waals surface area (Å²) in [5, 5.41) is 9.38. The average molecular weight is 376 g/mol. The van der Waals surface area contributed by atoms with Crippen molar-refractivity contribution in [2.24, 2.45) is 0 Å². The SMILES string of the molecule is N#Cc1nc(-c2ccco2)oc1N1CCN(C(=O)CCc2ccccc2)CC1. The topological polar surface area (TPSA) is 86.5 Å². The van der Waals surface area contributed by atoms with Crippen molar-refractivity contribution < 1.29 is 13.6 Å². The van der Waals surface area contributed by atoms with Gasteiger partial charge < -0.3 is 18.6 Å². The van der Waals surface area contributed by atoms with E-state index < -0.39 is 0 Å². The minimum absolute atomic E-state index is 0.151. The van der Waals surface area contributed by atoms with Gasteiger partial charge in [-0.1, -0.05) is 30.3 Å². The highest BCUT2D eigenvalue weighted by Gasteiger charge is 2.26. The van der Waals surface area contributed by atoms with Crippen molar-refractivity contribution in [1.29, 1.82) is 5.26 Å². The van der Waals surface area contributed by atoms with Crippen molar-refractivity contribution in [2.45, 2.75) is 12.8 Å². The number of amides is 1. The molecule has 7 nitrogen and oxygen atoms in total. The monoisotopic (exact) mass is 376 g/mol. The number of rotatable bonds is 5. The van der Waals surface area contributed by atoms with Crippen LogP contribution in [0.2, 0.25) is 0 Å². The summed E-state index contributed by atoms with van der Waals surface area (Å²) in [6.45, 7) is 2.38. The molecular weight excluding hydrogens is 356 g/mol. The predicted octanol–water partition coefficient (Wildman–Crippen LogP) is 3.09. The van der Waals surface area contributed by atoms with Gasteiger partial charge in [0.1, 0.15) is 6.07 Å². The highest BCUT2D eigenvalue weighted by Crippen LogP contribution is 2.29. The molecule has 142 valence electrons. The Bertz CT molecular complexity index is 965. The van der Waals surface area contributed by atoms with Crippen LogP contribution in [0.5, 0.6) is 0 Å². The summed E-state index contributed by atoms with van der Waals surface area (Å²) in [7, 11) is 0. The zero-order chi connectivity index (χ0) is 19.3. The van der Waals surface area contributed by atoms with Crippen LogP contribution in [0, 0.1) is 11.3 Å². The first-order valence-electron chi connectivity index (χ1n) is 9.26. The minimum Gasteiger partial charge on any atom is -0.459 e. The Morgan fingerprint density at radius 1 is 1.11 bits per heavy atom. The standard InChI is InChI=1S/C21H20N4O3/c22-15-17-21(28-20(23-17)18-7-4-14-27-18)25-12-10-24(11-13-25)19(26)9-8-16-5-2-1-3-6-16/h1-7,14H,8-13H2. The van der Waals surface area contributed by atoms with Crippen LogP contribution in [-0.4, -0.2) is 42.0 Å². The number of nitrogens with zero attached hydrogens (tertiary/aromatic N) is 4. The molecule has 0 spiro atoms. The molecule has 0 saturated carbocycles. The molecule has 7 heteroatoms. The van der Waals surface area contributed by atoms with Crippen LogP contribution in [0.4, 0.5) is 5.88 Å². The largest absolute Gasteiger partial charge is 0.459 e. The predicted molar refractivity (Wildman–Crippen MR) is 102 cm³/mol. The van der Waals surface area contributed by atoms with Crippen molar-refractivity contribution >= 4 is 11.8 Å². The van der Waals surface area contributed by atoms with E-state index in [0.29, 0.717) is 44.2 Å². The first-order valence-corrected chi connectivity index (χ1v) is 9.26. The number of aryl methyl sites for hydroxylation is 1. The molecule has 1 aromatic carbocycles. The Kier molecular flexibility index (Phi) is 5.11. The van der Waals surface area contributed by atoms with E-state index in [4.69, 9.17) is 8.83 Å². The molecule has 28 heavy (non-hydrogen) atoms. The molecule has 2 aromatic heterocycles. The lowest BCUT2D eigenvalue weighted by molar-refractivity contribution is -0.131. The van der Waals surface area contributed by atoms with Crippen molar-refractivity contribution in [3.63, 3.8) is 0 Å². The Morgan fingerprint density at radius 2 is 1.89 bits per heavy atom. The van der Waals surface area contributed by atoms with Crippen LogP contribution in [0.1, 0.15) is 17.7 Å². The fourth-order valence-corrected chi connectivity index (χ4v) is 3.32. The van der Waals surface area contributed by atoms with E-state index in [1.54, 1.807) is 12.1 Å². The second kappa shape index (κ2) is 8.01. The highest BCUT2D eigenvalue weighted by molar-refractivity contribution is 5.76. The second-order valence-electron chi connectivity index (χ2n) is 6.62. The van der Waals surface area contributed by atoms with Crippen LogP contribution >= 0.6 is 0 Å². The fourth-order valence-electron chi connectivity index (χ4n) is 3.32. The second-order valence-corrected chi connectivity index (χ2v) is 6.62. The molecule has 1 fully saturated rings. The van der Waals surface area contributed by atoms with Gasteiger partial charge in [0.05, 0.1) is 6.26 Å². The maximum Gasteiger partial charge on any atom is 0.266 e. The first kappa shape index (κ1) is 17.9. The number of hydrogen-bond acceptors (Lipinski definition) is 6. The molecule has 0 unspecified atom stereocenters. The molecule has 0 atom stereocenters. The Balaban J connectivity index is 1.36. The Hall–Kier alpha value is -3.53. The molecule has 3 aromatic rings. The van der Waals surface area contributed by atoms with Crippen molar-refractivity contribution in [3.8, 4) is 17.7 Å². The summed E-state index contributed by atoms with van der Waals surface area (Å²) in [6, 6.07) is 15.6. The minimum atomic E-state index is 0.151. The summed E-state index contributed by atoms with van der Waals surface area (Å²) in [4.78, 5) is 20.6. The lowest BCUT2D eigenvalue weighted by atomic mass is 10.1. The summed E-state index contributed by atoms with van der Waals surface area (Å²) in [5.74, 6) is 1.36.